The molecule has 3 aromatic rings. The van der Waals surface area contributed by atoms with Crippen LogP contribution in [0.2, 0.25) is 0 Å². The second-order valence-corrected chi connectivity index (χ2v) is 15.2. The van der Waals surface area contributed by atoms with Crippen molar-refractivity contribution in [2.45, 2.75) is 95.8 Å². The summed E-state index contributed by atoms with van der Waals surface area (Å²) < 4.78 is 13.2. The van der Waals surface area contributed by atoms with E-state index in [1.807, 2.05) is 39.0 Å². The van der Waals surface area contributed by atoms with Gasteiger partial charge in [0.15, 0.2) is 0 Å². The summed E-state index contributed by atoms with van der Waals surface area (Å²) in [6.07, 6.45) is 12.3. The van der Waals surface area contributed by atoms with Crippen LogP contribution in [-0.2, 0) is 10.2 Å². The quantitative estimate of drug-likeness (QED) is 0.298. The molecular weight excluding hydrogens is 620 g/mol. The van der Waals surface area contributed by atoms with E-state index in [2.05, 4.69) is 44.1 Å². The van der Waals surface area contributed by atoms with E-state index >= 15 is 0 Å². The van der Waals surface area contributed by atoms with E-state index in [-0.39, 0.29) is 35.1 Å². The van der Waals surface area contributed by atoms with Crippen LogP contribution < -0.4 is 9.64 Å². The molecule has 2 aliphatic heterocycles. The topological polar surface area (TPSA) is 113 Å². The Morgan fingerprint density at radius 2 is 1.71 bits per heavy atom. The van der Waals surface area contributed by atoms with Crippen molar-refractivity contribution in [3.05, 3.63) is 60.0 Å². The number of carbonyl (C=O) groups is 2. The molecular formula is C38H50N6O5. The minimum atomic E-state index is -0.465. The Kier molecular flexibility index (Phi) is 9.06. The molecule has 5 fully saturated rings. The monoisotopic (exact) mass is 670 g/mol. The molecule has 49 heavy (non-hydrogen) atoms. The Bertz CT molecular complexity index is 1650. The average Bonchev–Trinajstić information content (AvgIpc) is 3.61. The van der Waals surface area contributed by atoms with E-state index in [0.29, 0.717) is 51.4 Å². The first-order valence-electron chi connectivity index (χ1n) is 17.9. The number of hydrogen-bond acceptors (Lipinski definition) is 7. The van der Waals surface area contributed by atoms with Crippen molar-refractivity contribution in [3.8, 4) is 16.9 Å². The van der Waals surface area contributed by atoms with Crippen LogP contribution in [0.1, 0.15) is 82.4 Å². The molecule has 1 aromatic carbocycles. The van der Waals surface area contributed by atoms with Gasteiger partial charge >= 0.3 is 12.1 Å². The summed E-state index contributed by atoms with van der Waals surface area (Å²) in [6, 6.07) is 10.9. The second kappa shape index (κ2) is 13.3. The third kappa shape index (κ3) is 6.61. The molecule has 3 saturated carbocycles. The number of anilines is 1. The fourth-order valence-corrected chi connectivity index (χ4v) is 8.40. The number of aryl methyl sites for hydroxylation is 1. The summed E-state index contributed by atoms with van der Waals surface area (Å²) in [5, 5.41) is 14.1. The molecule has 0 unspecified atom stereocenters. The fraction of sp³-hybridized carbons (Fsp3) is 0.579. The lowest BCUT2D eigenvalue weighted by atomic mass is 9.51. The van der Waals surface area contributed by atoms with Crippen molar-refractivity contribution in [1.82, 2.24) is 24.6 Å². The molecule has 0 spiro atoms. The van der Waals surface area contributed by atoms with Gasteiger partial charge in [-0.2, -0.15) is 5.10 Å². The van der Waals surface area contributed by atoms with Crippen LogP contribution in [0.25, 0.3) is 11.1 Å². The Morgan fingerprint density at radius 1 is 1.00 bits per heavy atom. The summed E-state index contributed by atoms with van der Waals surface area (Å²) in [4.78, 5) is 37.1. The lowest BCUT2D eigenvalue weighted by molar-refractivity contribution is -0.0227. The Hall–Kier alpha value is -4.12. The number of ether oxygens (including phenoxy) is 2. The lowest BCUT2D eigenvalue weighted by Crippen LogP contribution is -2.56. The Labute approximate surface area is 289 Å². The molecule has 2 aromatic heterocycles. The van der Waals surface area contributed by atoms with Crippen LogP contribution >= 0.6 is 0 Å². The van der Waals surface area contributed by atoms with Gasteiger partial charge in [-0.3, -0.25) is 9.58 Å². The zero-order valence-corrected chi connectivity index (χ0v) is 29.3. The van der Waals surface area contributed by atoms with Crippen LogP contribution in [0.4, 0.5) is 15.4 Å². The zero-order chi connectivity index (χ0) is 34.3. The van der Waals surface area contributed by atoms with Gasteiger partial charge in [0.1, 0.15) is 17.7 Å². The Balaban J connectivity index is 1.10. The maximum atomic E-state index is 14.5. The number of likely N-dealkylation sites (tertiary alicyclic amines) is 2. The van der Waals surface area contributed by atoms with Crippen molar-refractivity contribution in [2.75, 3.05) is 44.7 Å². The molecule has 0 atom stereocenters. The highest BCUT2D eigenvalue weighted by molar-refractivity contribution is 5.92. The summed E-state index contributed by atoms with van der Waals surface area (Å²) in [6.45, 7) is 8.60. The van der Waals surface area contributed by atoms with Crippen LogP contribution in [0, 0.1) is 12.3 Å². The molecule has 3 amide bonds. The van der Waals surface area contributed by atoms with Gasteiger partial charge in [-0.25, -0.2) is 14.6 Å². The van der Waals surface area contributed by atoms with Crippen LogP contribution in [0.3, 0.4) is 0 Å². The molecule has 4 heterocycles. The highest BCUT2D eigenvalue weighted by Crippen LogP contribution is 2.58. The molecule has 2 saturated heterocycles. The van der Waals surface area contributed by atoms with Crippen molar-refractivity contribution in [1.29, 1.82) is 0 Å². The highest BCUT2D eigenvalue weighted by Gasteiger charge is 2.51. The molecule has 8 rings (SSSR count). The molecule has 0 radical (unpaired) electrons. The third-order valence-electron chi connectivity index (χ3n) is 11.7. The smallest absolute Gasteiger partial charge is 0.410 e. The van der Waals surface area contributed by atoms with Crippen molar-refractivity contribution in [3.63, 3.8) is 0 Å². The first kappa shape index (κ1) is 33.4. The first-order valence-corrected chi connectivity index (χ1v) is 17.9. The van der Waals surface area contributed by atoms with E-state index < -0.39 is 6.10 Å². The fourth-order valence-electron chi connectivity index (χ4n) is 8.40. The molecule has 1 N–H and O–H groups in total. The van der Waals surface area contributed by atoms with Crippen LogP contribution in [0.5, 0.6) is 5.75 Å². The lowest BCUT2D eigenvalue weighted by Gasteiger charge is -2.55. The van der Waals surface area contributed by atoms with Crippen molar-refractivity contribution in [2.24, 2.45) is 5.41 Å². The predicted octanol–water partition coefficient (Wildman–Crippen LogP) is 6.34. The minimum Gasteiger partial charge on any atom is -0.496 e. The van der Waals surface area contributed by atoms with E-state index in [9.17, 15) is 14.7 Å². The molecule has 3 aliphatic carbocycles. The number of fused-ring (bicyclic) bond motifs is 3. The molecule has 11 nitrogen and oxygen atoms in total. The Morgan fingerprint density at radius 3 is 2.33 bits per heavy atom. The van der Waals surface area contributed by atoms with Gasteiger partial charge in [0.2, 0.25) is 0 Å². The maximum absolute atomic E-state index is 14.5. The predicted molar refractivity (Wildman–Crippen MR) is 187 cm³/mol. The SMILES string of the molecule is COc1ccc(C23CCC(CN(C(=O)N4CCC(OC(=O)N5CC(O)C5)CC4)c4cc(-c5cnn(C(C)C)c5)ccn4)(CC2)CC3)cc1C. The number of β-amino-alcohol motifs (C(OH)–C–C–N with tert-alkyl or cyclic N) is 1. The first-order chi connectivity index (χ1) is 23.6. The summed E-state index contributed by atoms with van der Waals surface area (Å²) >= 11 is 0. The van der Waals surface area contributed by atoms with Gasteiger partial charge in [0.25, 0.3) is 0 Å². The number of aliphatic hydroxyl groups is 1. The number of piperidine rings is 1. The molecule has 262 valence electrons. The third-order valence-corrected chi connectivity index (χ3v) is 11.7. The van der Waals surface area contributed by atoms with Gasteiger partial charge < -0.3 is 24.4 Å². The number of methoxy groups -OCH3 is 1. The number of urea groups is 1. The number of rotatable bonds is 8. The number of aliphatic hydroxyl groups excluding tert-OH is 1. The number of amides is 3. The van der Waals surface area contributed by atoms with E-state index in [0.717, 1.165) is 55.4 Å². The number of carbonyl (C=O) groups excluding carboxylic acids is 2. The van der Waals surface area contributed by atoms with E-state index in [1.165, 1.54) is 16.0 Å². The van der Waals surface area contributed by atoms with Crippen LogP contribution in [0.15, 0.2) is 48.9 Å². The number of hydrogen-bond donors (Lipinski definition) is 1. The van der Waals surface area contributed by atoms with Gasteiger partial charge in [-0.05, 0) is 105 Å². The average molecular weight is 671 g/mol. The van der Waals surface area contributed by atoms with Gasteiger partial charge in [0.05, 0.1) is 32.5 Å². The highest BCUT2D eigenvalue weighted by atomic mass is 16.6. The number of aromatic nitrogens is 3. The van der Waals surface area contributed by atoms with E-state index in [4.69, 9.17) is 14.5 Å². The minimum absolute atomic E-state index is 0.0226. The summed E-state index contributed by atoms with van der Waals surface area (Å²) in [5.41, 5.74) is 4.77. The molecule has 5 aliphatic rings. The number of benzene rings is 1. The number of nitrogens with zero attached hydrogens (tertiary/aromatic N) is 6. The van der Waals surface area contributed by atoms with Crippen LogP contribution in [-0.4, -0.2) is 93.8 Å². The molecule has 11 heteroatoms. The van der Waals surface area contributed by atoms with E-state index in [1.54, 1.807) is 13.3 Å². The van der Waals surface area contributed by atoms with Gasteiger partial charge in [-0.1, -0.05) is 12.1 Å². The summed E-state index contributed by atoms with van der Waals surface area (Å²) in [7, 11) is 1.73. The van der Waals surface area contributed by atoms with Crippen molar-refractivity contribution < 1.29 is 24.2 Å². The zero-order valence-electron chi connectivity index (χ0n) is 29.3. The maximum Gasteiger partial charge on any atom is 0.410 e. The largest absolute Gasteiger partial charge is 0.496 e. The second-order valence-electron chi connectivity index (χ2n) is 15.2. The van der Waals surface area contributed by atoms with Gasteiger partial charge in [-0.15, -0.1) is 0 Å². The summed E-state index contributed by atoms with van der Waals surface area (Å²) in [5.74, 6) is 1.59. The number of pyridine rings is 1. The standard InChI is InChI=1S/C38H50N6O5/c1-26(2)44-22-29(21-40-44)28-7-16-39-34(20-28)43(35(46)41-17-8-32(9-18-41)49-36(47)42-23-31(45)24-42)25-37-10-13-38(14-11-37,15-12-37)30-5-6-33(48-4)27(3)19-30/h5-7,16,19-22,26,31-32,45H,8-15,17-18,23-25H2,1-4H3. The normalized spacial score (nSPS) is 24.2. The van der Waals surface area contributed by atoms with Crippen molar-refractivity contribution >= 4 is 17.9 Å². The molecule has 2 bridgehead atoms. The van der Waals surface area contributed by atoms with Gasteiger partial charge in [0, 0.05) is 56.5 Å².